The fraction of sp³-hybridized carbons (Fsp3) is 0.263. The first-order valence-corrected chi connectivity index (χ1v) is 7.50. The van der Waals surface area contributed by atoms with Gasteiger partial charge in [-0.05, 0) is 49.1 Å². The number of aliphatic hydroxyl groups is 1. The Kier molecular flexibility index (Phi) is 3.78. The van der Waals surface area contributed by atoms with Crippen molar-refractivity contribution >= 4 is 12.0 Å². The fourth-order valence-electron chi connectivity index (χ4n) is 2.90. The van der Waals surface area contributed by atoms with Gasteiger partial charge in [0.15, 0.2) is 0 Å². The zero-order valence-corrected chi connectivity index (χ0v) is 13.5. The summed E-state index contributed by atoms with van der Waals surface area (Å²) in [6, 6.07) is 9.46. The number of rotatable bonds is 3. The van der Waals surface area contributed by atoms with Crippen molar-refractivity contribution in [1.82, 2.24) is 4.98 Å². The quantitative estimate of drug-likeness (QED) is 0.885. The second-order valence-electron chi connectivity index (χ2n) is 6.00. The van der Waals surface area contributed by atoms with E-state index in [-0.39, 0.29) is 5.97 Å². The Morgan fingerprint density at radius 1 is 1.26 bits per heavy atom. The van der Waals surface area contributed by atoms with E-state index in [1.165, 1.54) is 7.11 Å². The minimum Gasteiger partial charge on any atom is -0.465 e. The molecule has 0 amide bonds. The number of carbonyl (C=O) groups is 1. The minimum absolute atomic E-state index is 0.381. The number of ether oxygens (including phenoxy) is 1. The summed E-state index contributed by atoms with van der Waals surface area (Å²) in [6.45, 7) is 3.78. The molecule has 0 spiro atoms. The molecule has 1 unspecified atom stereocenters. The van der Waals surface area contributed by atoms with E-state index in [0.717, 1.165) is 28.0 Å². The van der Waals surface area contributed by atoms with Crippen molar-refractivity contribution in [3.05, 3.63) is 70.0 Å². The van der Waals surface area contributed by atoms with Crippen molar-refractivity contribution in [2.24, 2.45) is 0 Å². The molecule has 0 saturated heterocycles. The van der Waals surface area contributed by atoms with Crippen LogP contribution in [0.1, 0.15) is 39.7 Å². The van der Waals surface area contributed by atoms with E-state index in [0.29, 0.717) is 12.0 Å². The second-order valence-corrected chi connectivity index (χ2v) is 6.00. The lowest BCUT2D eigenvalue weighted by Gasteiger charge is -2.26. The van der Waals surface area contributed by atoms with Gasteiger partial charge in [0.1, 0.15) is 5.60 Å². The maximum Gasteiger partial charge on any atom is 0.338 e. The van der Waals surface area contributed by atoms with Gasteiger partial charge in [-0.25, -0.2) is 4.79 Å². The van der Waals surface area contributed by atoms with E-state index < -0.39 is 5.60 Å². The van der Waals surface area contributed by atoms with Crippen LogP contribution in [0.15, 0.2) is 42.1 Å². The van der Waals surface area contributed by atoms with Crippen LogP contribution in [0.5, 0.6) is 0 Å². The lowest BCUT2D eigenvalue weighted by atomic mass is 9.86. The molecule has 0 bridgehead atoms. The number of pyridine rings is 1. The van der Waals surface area contributed by atoms with Crippen LogP contribution in [0.25, 0.3) is 6.08 Å². The fourth-order valence-corrected chi connectivity index (χ4v) is 2.90. The highest BCUT2D eigenvalue weighted by Gasteiger charge is 2.33. The molecule has 1 aromatic carbocycles. The maximum absolute atomic E-state index is 11.9. The summed E-state index contributed by atoms with van der Waals surface area (Å²) in [4.78, 5) is 16.2. The molecule has 0 radical (unpaired) electrons. The smallest absolute Gasteiger partial charge is 0.338 e. The highest BCUT2D eigenvalue weighted by Crippen LogP contribution is 2.38. The molecule has 0 fully saturated rings. The zero-order valence-electron chi connectivity index (χ0n) is 13.5. The molecule has 1 N–H and O–H groups in total. The van der Waals surface area contributed by atoms with Crippen molar-refractivity contribution in [2.45, 2.75) is 25.9 Å². The van der Waals surface area contributed by atoms with Gasteiger partial charge in [-0.3, -0.25) is 4.98 Å². The van der Waals surface area contributed by atoms with Crippen molar-refractivity contribution < 1.29 is 14.6 Å². The van der Waals surface area contributed by atoms with E-state index in [2.05, 4.69) is 4.98 Å². The van der Waals surface area contributed by atoms with Gasteiger partial charge in [0, 0.05) is 6.20 Å². The molecular formula is C19H19NO3. The van der Waals surface area contributed by atoms with Crippen molar-refractivity contribution in [1.29, 1.82) is 0 Å². The van der Waals surface area contributed by atoms with Crippen LogP contribution in [-0.4, -0.2) is 23.2 Å². The van der Waals surface area contributed by atoms with Crippen LogP contribution >= 0.6 is 0 Å². The number of hydrogen-bond acceptors (Lipinski definition) is 4. The van der Waals surface area contributed by atoms with Crippen LogP contribution in [0.3, 0.4) is 0 Å². The molecule has 1 aromatic heterocycles. The lowest BCUT2D eigenvalue weighted by molar-refractivity contribution is 0.0598. The molecule has 1 atom stereocenters. The summed E-state index contributed by atoms with van der Waals surface area (Å²) >= 11 is 0. The summed E-state index contributed by atoms with van der Waals surface area (Å²) in [5.74, 6) is -0.381. The molecule has 3 rings (SSSR count). The number of aryl methyl sites for hydroxylation is 1. The summed E-state index contributed by atoms with van der Waals surface area (Å²) < 4.78 is 4.83. The third-order valence-corrected chi connectivity index (χ3v) is 4.41. The normalized spacial score (nSPS) is 15.6. The molecule has 0 saturated carbocycles. The Hall–Kier alpha value is -2.46. The highest BCUT2D eigenvalue weighted by atomic mass is 16.5. The maximum atomic E-state index is 11.9. The van der Waals surface area contributed by atoms with Crippen molar-refractivity contribution in [2.75, 3.05) is 7.11 Å². The topological polar surface area (TPSA) is 59.4 Å². The van der Waals surface area contributed by atoms with Crippen LogP contribution in [0.2, 0.25) is 0 Å². The Bertz CT molecular complexity index is 789. The predicted molar refractivity (Wildman–Crippen MR) is 88.0 cm³/mol. The monoisotopic (exact) mass is 309 g/mol. The van der Waals surface area contributed by atoms with Crippen LogP contribution in [0, 0.1) is 6.92 Å². The van der Waals surface area contributed by atoms with Gasteiger partial charge < -0.3 is 9.84 Å². The Morgan fingerprint density at radius 3 is 2.61 bits per heavy atom. The third kappa shape index (κ3) is 2.66. The molecule has 23 heavy (non-hydrogen) atoms. The number of aromatic nitrogens is 1. The van der Waals surface area contributed by atoms with Crippen molar-refractivity contribution in [3.63, 3.8) is 0 Å². The first-order valence-electron chi connectivity index (χ1n) is 7.50. The molecule has 4 nitrogen and oxygen atoms in total. The third-order valence-electron chi connectivity index (χ3n) is 4.41. The van der Waals surface area contributed by atoms with Gasteiger partial charge in [-0.2, -0.15) is 0 Å². The van der Waals surface area contributed by atoms with Crippen molar-refractivity contribution in [3.8, 4) is 0 Å². The minimum atomic E-state index is -1.11. The molecule has 1 aliphatic rings. The zero-order chi connectivity index (χ0) is 16.6. The number of benzene rings is 1. The van der Waals surface area contributed by atoms with Crippen LogP contribution < -0.4 is 0 Å². The average molecular weight is 309 g/mol. The standard InChI is InChI=1S/C19H19NO3/c1-12-4-6-13(7-5-12)19(2,22)14-10-16-15(18(21)23-3)8-9-20-17(16)11-14/h4-9,11,22H,10H2,1-3H3. The predicted octanol–water partition coefficient (Wildman–Crippen LogP) is 3.02. The van der Waals surface area contributed by atoms with E-state index in [9.17, 15) is 9.90 Å². The van der Waals surface area contributed by atoms with E-state index in [1.807, 2.05) is 37.3 Å². The second kappa shape index (κ2) is 5.63. The Labute approximate surface area is 135 Å². The van der Waals surface area contributed by atoms with Gasteiger partial charge in [-0.15, -0.1) is 0 Å². The molecule has 118 valence electrons. The van der Waals surface area contributed by atoms with Gasteiger partial charge >= 0.3 is 5.97 Å². The number of fused-ring (bicyclic) bond motifs is 1. The van der Waals surface area contributed by atoms with Crippen LogP contribution in [-0.2, 0) is 16.8 Å². The van der Waals surface area contributed by atoms with Gasteiger partial charge in [0.05, 0.1) is 18.4 Å². The number of carbonyl (C=O) groups excluding carboxylic acids is 1. The summed E-state index contributed by atoms with van der Waals surface area (Å²) in [6.07, 6.45) is 3.93. The number of methoxy groups -OCH3 is 1. The Morgan fingerprint density at radius 2 is 1.96 bits per heavy atom. The summed E-state index contributed by atoms with van der Waals surface area (Å²) in [7, 11) is 1.36. The van der Waals surface area contributed by atoms with Gasteiger partial charge in [0.2, 0.25) is 0 Å². The van der Waals surface area contributed by atoms with E-state index in [1.54, 1.807) is 19.2 Å². The number of nitrogens with zero attached hydrogens (tertiary/aromatic N) is 1. The molecule has 1 aliphatic carbocycles. The molecule has 2 aromatic rings. The molecule has 0 aliphatic heterocycles. The van der Waals surface area contributed by atoms with Gasteiger partial charge in [-0.1, -0.05) is 29.8 Å². The Balaban J connectivity index is 1.97. The van der Waals surface area contributed by atoms with E-state index in [4.69, 9.17) is 4.74 Å². The molecular weight excluding hydrogens is 290 g/mol. The molecule has 4 heteroatoms. The highest BCUT2D eigenvalue weighted by molar-refractivity contribution is 5.92. The first kappa shape index (κ1) is 15.4. The first-order chi connectivity index (χ1) is 10.9. The molecule has 1 heterocycles. The van der Waals surface area contributed by atoms with Crippen LogP contribution in [0.4, 0.5) is 0 Å². The van der Waals surface area contributed by atoms with Gasteiger partial charge in [0.25, 0.3) is 0 Å². The SMILES string of the molecule is COC(=O)c1ccnc2c1CC(C(C)(O)c1ccc(C)cc1)=C2. The largest absolute Gasteiger partial charge is 0.465 e. The lowest BCUT2D eigenvalue weighted by Crippen LogP contribution is -2.24. The average Bonchev–Trinajstić information content (AvgIpc) is 2.99. The summed E-state index contributed by atoms with van der Waals surface area (Å²) in [5, 5.41) is 11.0. The number of hydrogen-bond donors (Lipinski definition) is 1. The number of esters is 1. The summed E-state index contributed by atoms with van der Waals surface area (Å²) in [5.41, 5.74) is 3.70. The van der Waals surface area contributed by atoms with E-state index >= 15 is 0 Å².